The molecule has 0 amide bonds. The highest BCUT2D eigenvalue weighted by atomic mass is 35.5. The van der Waals surface area contributed by atoms with Gasteiger partial charge in [0.25, 0.3) is 0 Å². The summed E-state index contributed by atoms with van der Waals surface area (Å²) in [4.78, 5) is 0. The Kier molecular flexibility index (Phi) is 3.94. The van der Waals surface area contributed by atoms with Crippen LogP contribution in [0.1, 0.15) is 17.2 Å². The van der Waals surface area contributed by atoms with E-state index in [0.717, 1.165) is 12.1 Å². The summed E-state index contributed by atoms with van der Waals surface area (Å²) in [6.07, 6.45) is 0. The van der Waals surface area contributed by atoms with Gasteiger partial charge in [-0.15, -0.1) is 0 Å². The van der Waals surface area contributed by atoms with Crippen molar-refractivity contribution in [3.63, 3.8) is 0 Å². The van der Waals surface area contributed by atoms with Crippen molar-refractivity contribution >= 4 is 11.6 Å². The lowest BCUT2D eigenvalue weighted by molar-refractivity contribution is 0.558. The van der Waals surface area contributed by atoms with E-state index in [4.69, 9.17) is 11.6 Å². The molecule has 0 aromatic heterocycles. The summed E-state index contributed by atoms with van der Waals surface area (Å²) in [5, 5.41) is 3.47. The van der Waals surface area contributed by atoms with Crippen LogP contribution >= 0.6 is 11.6 Å². The molecule has 1 N–H and O–H groups in total. The van der Waals surface area contributed by atoms with Gasteiger partial charge in [-0.05, 0) is 36.9 Å². The lowest BCUT2D eigenvalue weighted by atomic mass is 9.98. The summed E-state index contributed by atoms with van der Waals surface area (Å²) < 4.78 is 27.0. The van der Waals surface area contributed by atoms with Crippen LogP contribution in [0.5, 0.6) is 0 Å². The third kappa shape index (κ3) is 2.52. The highest BCUT2D eigenvalue weighted by molar-refractivity contribution is 6.31. The Labute approximate surface area is 109 Å². The minimum atomic E-state index is -0.477. The van der Waals surface area contributed by atoms with E-state index in [9.17, 15) is 8.78 Å². The van der Waals surface area contributed by atoms with E-state index in [-0.39, 0.29) is 5.56 Å². The number of benzene rings is 2. The number of rotatable bonds is 3. The van der Waals surface area contributed by atoms with Gasteiger partial charge in [-0.3, -0.25) is 0 Å². The SMILES string of the molecule is CNC(c1cc(F)ccc1F)c1ccccc1Cl. The average molecular weight is 268 g/mol. The van der Waals surface area contributed by atoms with E-state index in [1.54, 1.807) is 25.2 Å². The van der Waals surface area contributed by atoms with Gasteiger partial charge in [0.05, 0.1) is 6.04 Å². The Morgan fingerprint density at radius 1 is 1.06 bits per heavy atom. The van der Waals surface area contributed by atoms with Gasteiger partial charge in [0.15, 0.2) is 0 Å². The molecule has 1 atom stereocenters. The van der Waals surface area contributed by atoms with Crippen molar-refractivity contribution in [1.29, 1.82) is 0 Å². The summed E-state index contributed by atoms with van der Waals surface area (Å²) in [6.45, 7) is 0. The van der Waals surface area contributed by atoms with Crippen molar-refractivity contribution in [2.75, 3.05) is 7.05 Å². The predicted molar refractivity (Wildman–Crippen MR) is 68.7 cm³/mol. The molecule has 0 aliphatic carbocycles. The lowest BCUT2D eigenvalue weighted by Gasteiger charge is -2.19. The fourth-order valence-corrected chi connectivity index (χ4v) is 2.17. The maximum atomic E-state index is 13.8. The van der Waals surface area contributed by atoms with Gasteiger partial charge in [-0.25, -0.2) is 8.78 Å². The smallest absolute Gasteiger partial charge is 0.128 e. The first kappa shape index (κ1) is 13.0. The second kappa shape index (κ2) is 5.46. The third-order valence-electron chi connectivity index (χ3n) is 2.77. The van der Waals surface area contributed by atoms with Crippen LogP contribution < -0.4 is 5.32 Å². The van der Waals surface area contributed by atoms with Crippen LogP contribution in [-0.4, -0.2) is 7.05 Å². The molecule has 1 nitrogen and oxygen atoms in total. The number of hydrogen-bond acceptors (Lipinski definition) is 1. The van der Waals surface area contributed by atoms with Crippen LogP contribution in [0.3, 0.4) is 0 Å². The van der Waals surface area contributed by atoms with E-state index < -0.39 is 17.7 Å². The highest BCUT2D eigenvalue weighted by Crippen LogP contribution is 2.29. The summed E-state index contributed by atoms with van der Waals surface area (Å²) in [5.41, 5.74) is 0.955. The molecular weight excluding hydrogens is 256 g/mol. The number of hydrogen-bond donors (Lipinski definition) is 1. The quantitative estimate of drug-likeness (QED) is 0.889. The molecule has 0 saturated heterocycles. The molecule has 0 bridgehead atoms. The van der Waals surface area contributed by atoms with E-state index in [1.165, 1.54) is 6.07 Å². The molecule has 4 heteroatoms. The van der Waals surface area contributed by atoms with Crippen LogP contribution in [0.15, 0.2) is 42.5 Å². The Balaban J connectivity index is 2.52. The summed E-state index contributed by atoms with van der Waals surface area (Å²) in [6, 6.07) is 10.0. The van der Waals surface area contributed by atoms with Crippen LogP contribution in [0, 0.1) is 11.6 Å². The zero-order chi connectivity index (χ0) is 13.1. The van der Waals surface area contributed by atoms with Gasteiger partial charge in [0.1, 0.15) is 11.6 Å². The highest BCUT2D eigenvalue weighted by Gasteiger charge is 2.18. The van der Waals surface area contributed by atoms with E-state index in [1.807, 2.05) is 6.07 Å². The topological polar surface area (TPSA) is 12.0 Å². The molecule has 0 saturated carbocycles. The Morgan fingerprint density at radius 3 is 2.44 bits per heavy atom. The fraction of sp³-hybridized carbons (Fsp3) is 0.143. The first-order chi connectivity index (χ1) is 8.63. The van der Waals surface area contributed by atoms with Crippen molar-refractivity contribution in [3.05, 3.63) is 70.2 Å². The molecule has 0 fully saturated rings. The number of nitrogens with one attached hydrogen (secondary N) is 1. The molecule has 1 unspecified atom stereocenters. The monoisotopic (exact) mass is 267 g/mol. The molecule has 0 aliphatic heterocycles. The zero-order valence-electron chi connectivity index (χ0n) is 9.75. The molecule has 0 radical (unpaired) electrons. The molecule has 2 rings (SSSR count). The van der Waals surface area contributed by atoms with Gasteiger partial charge in [-0.1, -0.05) is 29.8 Å². The van der Waals surface area contributed by atoms with Crippen molar-refractivity contribution in [2.45, 2.75) is 6.04 Å². The minimum absolute atomic E-state index is 0.241. The average Bonchev–Trinajstić information content (AvgIpc) is 2.36. The van der Waals surface area contributed by atoms with Crippen LogP contribution in [-0.2, 0) is 0 Å². The summed E-state index contributed by atoms with van der Waals surface area (Å²) >= 11 is 6.08. The van der Waals surface area contributed by atoms with E-state index >= 15 is 0 Å². The first-order valence-electron chi connectivity index (χ1n) is 5.50. The molecule has 0 spiro atoms. The van der Waals surface area contributed by atoms with Gasteiger partial charge in [0.2, 0.25) is 0 Å². The van der Waals surface area contributed by atoms with Gasteiger partial charge in [-0.2, -0.15) is 0 Å². The van der Waals surface area contributed by atoms with Crippen molar-refractivity contribution in [2.24, 2.45) is 0 Å². The Hall–Kier alpha value is -1.45. The largest absolute Gasteiger partial charge is 0.309 e. The van der Waals surface area contributed by atoms with E-state index in [2.05, 4.69) is 5.32 Å². The van der Waals surface area contributed by atoms with Crippen LogP contribution in [0.25, 0.3) is 0 Å². The fourth-order valence-electron chi connectivity index (χ4n) is 1.92. The summed E-state index contributed by atoms with van der Waals surface area (Å²) in [7, 11) is 1.68. The zero-order valence-corrected chi connectivity index (χ0v) is 10.5. The van der Waals surface area contributed by atoms with Crippen LogP contribution in [0.2, 0.25) is 5.02 Å². The normalized spacial score (nSPS) is 12.4. The Bertz CT molecular complexity index is 557. The molecular formula is C14H12ClF2N. The third-order valence-corrected chi connectivity index (χ3v) is 3.12. The van der Waals surface area contributed by atoms with E-state index in [0.29, 0.717) is 10.6 Å². The molecule has 94 valence electrons. The number of halogens is 3. The van der Waals surface area contributed by atoms with Gasteiger partial charge in [0, 0.05) is 10.6 Å². The van der Waals surface area contributed by atoms with Crippen molar-refractivity contribution in [1.82, 2.24) is 5.32 Å². The molecule has 18 heavy (non-hydrogen) atoms. The second-order valence-corrected chi connectivity index (χ2v) is 4.32. The first-order valence-corrected chi connectivity index (χ1v) is 5.88. The second-order valence-electron chi connectivity index (χ2n) is 3.91. The standard InChI is InChI=1S/C14H12ClF2N/c1-18-14(10-4-2-3-5-12(10)15)11-8-9(16)6-7-13(11)17/h2-8,14,18H,1H3. The van der Waals surface area contributed by atoms with Gasteiger partial charge >= 0.3 is 0 Å². The van der Waals surface area contributed by atoms with Crippen molar-refractivity contribution in [3.8, 4) is 0 Å². The lowest BCUT2D eigenvalue weighted by Crippen LogP contribution is -2.19. The van der Waals surface area contributed by atoms with Crippen molar-refractivity contribution < 1.29 is 8.78 Å². The maximum absolute atomic E-state index is 13.8. The molecule has 2 aromatic carbocycles. The minimum Gasteiger partial charge on any atom is -0.309 e. The predicted octanol–water partition coefficient (Wildman–Crippen LogP) is 3.93. The Morgan fingerprint density at radius 2 is 1.78 bits per heavy atom. The maximum Gasteiger partial charge on any atom is 0.128 e. The van der Waals surface area contributed by atoms with Gasteiger partial charge < -0.3 is 5.32 Å². The van der Waals surface area contributed by atoms with Crippen LogP contribution in [0.4, 0.5) is 8.78 Å². The summed E-state index contributed by atoms with van der Waals surface area (Å²) in [5.74, 6) is -0.936. The molecule has 2 aromatic rings. The molecule has 0 aliphatic rings. The molecule has 0 heterocycles.